The lowest BCUT2D eigenvalue weighted by atomic mass is 9.39. The van der Waals surface area contributed by atoms with Crippen LogP contribution in [0.3, 0.4) is 0 Å². The van der Waals surface area contributed by atoms with Crippen LogP contribution in [0.5, 0.6) is 5.75 Å². The Hall–Kier alpha value is -3.98. The van der Waals surface area contributed by atoms with Crippen molar-refractivity contribution in [3.05, 3.63) is 52.6 Å². The van der Waals surface area contributed by atoms with Crippen LogP contribution >= 0.6 is 0 Å². The summed E-state index contributed by atoms with van der Waals surface area (Å²) in [5, 5.41) is 23.9. The Morgan fingerprint density at radius 3 is 2.09 bits per heavy atom. The third-order valence-corrected chi connectivity index (χ3v) is 10.7. The number of ketones is 5. The Balaban J connectivity index is 1.73. The van der Waals surface area contributed by atoms with E-state index in [1.807, 2.05) is 19.9 Å². The van der Waals surface area contributed by atoms with E-state index in [9.17, 15) is 39.0 Å². The number of fused-ring (bicyclic) bond motifs is 3. The minimum atomic E-state index is -2.75. The molecule has 3 aliphatic rings. The number of phenols is 1. The molecule has 0 bridgehead atoms. The zero-order chi connectivity index (χ0) is 33.5. The number of carbonyl (C=O) groups excluding carboxylic acids is 6. The van der Waals surface area contributed by atoms with Crippen molar-refractivity contribution < 1.29 is 43.7 Å². The maximum Gasteiger partial charge on any atom is 0.337 e. The van der Waals surface area contributed by atoms with Gasteiger partial charge in [-0.3, -0.25) is 24.0 Å². The van der Waals surface area contributed by atoms with Crippen molar-refractivity contribution in [3.8, 4) is 16.9 Å². The molecule has 6 atom stereocenters. The first-order valence-electron chi connectivity index (χ1n) is 15.3. The van der Waals surface area contributed by atoms with E-state index in [1.54, 1.807) is 52.0 Å². The number of aromatic hydroxyl groups is 1. The average molecular weight is 617 g/mol. The van der Waals surface area contributed by atoms with Crippen molar-refractivity contribution in [2.75, 3.05) is 7.11 Å². The van der Waals surface area contributed by atoms with Gasteiger partial charge in [0.1, 0.15) is 17.5 Å². The fourth-order valence-electron chi connectivity index (χ4n) is 8.87. The van der Waals surface area contributed by atoms with Crippen LogP contribution < -0.4 is 0 Å². The van der Waals surface area contributed by atoms with Crippen molar-refractivity contribution in [2.45, 2.75) is 72.8 Å². The summed E-state index contributed by atoms with van der Waals surface area (Å²) in [5.74, 6) is -9.91. The third kappa shape index (κ3) is 4.30. The Kier molecular flexibility index (Phi) is 7.59. The summed E-state index contributed by atoms with van der Waals surface area (Å²) < 4.78 is 4.77. The molecule has 0 radical (unpaired) electrons. The predicted molar refractivity (Wildman–Crippen MR) is 164 cm³/mol. The fraction of sp³-hybridized carbons (Fsp3) is 0.500. The molecule has 9 nitrogen and oxygen atoms in total. The molecule has 0 saturated heterocycles. The van der Waals surface area contributed by atoms with Crippen LogP contribution in [0.4, 0.5) is 0 Å². The summed E-state index contributed by atoms with van der Waals surface area (Å²) in [4.78, 5) is 81.3. The Morgan fingerprint density at radius 1 is 0.978 bits per heavy atom. The van der Waals surface area contributed by atoms with E-state index in [0.717, 1.165) is 12.5 Å². The van der Waals surface area contributed by atoms with Crippen LogP contribution in [0.1, 0.15) is 92.6 Å². The Labute approximate surface area is 262 Å². The van der Waals surface area contributed by atoms with Crippen LogP contribution in [0, 0.1) is 34.5 Å². The Morgan fingerprint density at radius 2 is 1.58 bits per heavy atom. The standard InChI is InChI=1S/C36H40O9/c1-16(2)21-13-22(19-9-11-20(12-10-19)33(43)45-8)28(38)25-23(21)14-34(6)15-35(7)26(17(3)4)29(39)24(18(5)37)31(41)36(35,44)32(42)27(34)30(25)40/h9-13,16-17,24,26-27,38,44H,14-15H2,1-8H3/t24?,26?,27?,34-,35-,36+/m1/s1. The molecule has 0 spiro atoms. The molecule has 2 saturated carbocycles. The van der Waals surface area contributed by atoms with Gasteiger partial charge in [-0.1, -0.05) is 53.7 Å². The summed E-state index contributed by atoms with van der Waals surface area (Å²) in [6, 6.07) is 8.15. The molecule has 0 heterocycles. The fourth-order valence-corrected chi connectivity index (χ4v) is 8.87. The molecule has 3 unspecified atom stereocenters. The molecule has 0 amide bonds. The van der Waals surface area contributed by atoms with Gasteiger partial charge in [-0.25, -0.2) is 4.79 Å². The van der Waals surface area contributed by atoms with Gasteiger partial charge in [0.2, 0.25) is 0 Å². The van der Waals surface area contributed by atoms with Crippen molar-refractivity contribution in [1.82, 2.24) is 0 Å². The van der Waals surface area contributed by atoms with Gasteiger partial charge in [-0.15, -0.1) is 0 Å². The van der Waals surface area contributed by atoms with Gasteiger partial charge in [0.15, 0.2) is 28.7 Å². The second-order valence-corrected chi connectivity index (χ2v) is 14.3. The number of esters is 1. The molecule has 45 heavy (non-hydrogen) atoms. The molecule has 2 aromatic rings. The normalized spacial score (nSPS) is 31.0. The number of phenolic OH excluding ortho intramolecular Hbond substituents is 1. The van der Waals surface area contributed by atoms with Gasteiger partial charge in [0.05, 0.1) is 24.2 Å². The first-order valence-corrected chi connectivity index (χ1v) is 15.3. The van der Waals surface area contributed by atoms with E-state index < -0.39 is 75.0 Å². The molecule has 2 aromatic carbocycles. The molecule has 3 aliphatic carbocycles. The van der Waals surface area contributed by atoms with Gasteiger partial charge in [0.25, 0.3) is 0 Å². The highest BCUT2D eigenvalue weighted by Crippen LogP contribution is 2.64. The first-order chi connectivity index (χ1) is 20.9. The lowest BCUT2D eigenvalue weighted by Crippen LogP contribution is -2.76. The van der Waals surface area contributed by atoms with E-state index in [0.29, 0.717) is 22.3 Å². The summed E-state index contributed by atoms with van der Waals surface area (Å²) in [6.45, 7) is 11.9. The molecular weight excluding hydrogens is 576 g/mol. The average Bonchev–Trinajstić information content (AvgIpc) is 2.94. The van der Waals surface area contributed by atoms with Crippen LogP contribution in [0.25, 0.3) is 11.1 Å². The molecular formula is C36H40O9. The molecule has 2 fully saturated rings. The highest BCUT2D eigenvalue weighted by Gasteiger charge is 2.76. The maximum atomic E-state index is 14.6. The smallest absolute Gasteiger partial charge is 0.337 e. The zero-order valence-corrected chi connectivity index (χ0v) is 26.9. The predicted octanol–water partition coefficient (Wildman–Crippen LogP) is 4.67. The lowest BCUT2D eigenvalue weighted by Gasteiger charge is -2.62. The number of aliphatic hydroxyl groups is 1. The van der Waals surface area contributed by atoms with E-state index in [4.69, 9.17) is 4.74 Å². The van der Waals surface area contributed by atoms with Crippen molar-refractivity contribution in [1.29, 1.82) is 0 Å². The molecule has 0 aromatic heterocycles. The largest absolute Gasteiger partial charge is 0.507 e. The van der Waals surface area contributed by atoms with Crippen molar-refractivity contribution >= 4 is 34.9 Å². The minimum Gasteiger partial charge on any atom is -0.507 e. The van der Waals surface area contributed by atoms with Gasteiger partial charge < -0.3 is 14.9 Å². The van der Waals surface area contributed by atoms with E-state index >= 15 is 0 Å². The first kappa shape index (κ1) is 32.4. The molecule has 2 N–H and O–H groups in total. The summed E-state index contributed by atoms with van der Waals surface area (Å²) in [5.41, 5.74) is -2.93. The molecule has 0 aliphatic heterocycles. The summed E-state index contributed by atoms with van der Waals surface area (Å²) >= 11 is 0. The SMILES string of the molecule is COC(=O)c1ccc(-c2cc(C(C)C)c3c(c2O)C(=O)C2C(=O)[C@@]4(O)C(=O)C(C(C)=O)C(=O)C(C(C)C)[C@@]4(C)C[C@@]2(C)C3)cc1. The number of carbonyl (C=O) groups is 6. The zero-order valence-electron chi connectivity index (χ0n) is 26.9. The van der Waals surface area contributed by atoms with Crippen LogP contribution in [0.2, 0.25) is 0 Å². The topological polar surface area (TPSA) is 152 Å². The van der Waals surface area contributed by atoms with Gasteiger partial charge in [-0.05, 0) is 71.9 Å². The summed E-state index contributed by atoms with van der Waals surface area (Å²) in [7, 11) is 1.27. The highest BCUT2D eigenvalue weighted by atomic mass is 16.5. The second kappa shape index (κ2) is 10.5. The summed E-state index contributed by atoms with van der Waals surface area (Å²) in [6.07, 6.45) is 0.181. The third-order valence-electron chi connectivity index (χ3n) is 10.7. The number of hydrogen-bond acceptors (Lipinski definition) is 9. The second-order valence-electron chi connectivity index (χ2n) is 14.3. The van der Waals surface area contributed by atoms with Crippen LogP contribution in [0.15, 0.2) is 30.3 Å². The number of ether oxygens (including phenoxy) is 1. The van der Waals surface area contributed by atoms with Crippen LogP contribution in [-0.2, 0) is 30.3 Å². The quantitative estimate of drug-likeness (QED) is 0.361. The number of methoxy groups -OCH3 is 1. The highest BCUT2D eigenvalue weighted by molar-refractivity contribution is 6.32. The molecule has 9 heteroatoms. The Bertz CT molecular complexity index is 1680. The van der Waals surface area contributed by atoms with Gasteiger partial charge in [-0.2, -0.15) is 0 Å². The number of benzene rings is 2. The number of hydrogen-bond donors (Lipinski definition) is 2. The van der Waals surface area contributed by atoms with Crippen molar-refractivity contribution in [2.24, 2.45) is 34.5 Å². The maximum absolute atomic E-state index is 14.6. The molecule has 5 rings (SSSR count). The minimum absolute atomic E-state index is 0.00191. The van der Waals surface area contributed by atoms with Gasteiger partial charge in [0, 0.05) is 16.9 Å². The van der Waals surface area contributed by atoms with Crippen molar-refractivity contribution in [3.63, 3.8) is 0 Å². The number of Topliss-reactive ketones (excluding diaryl/α,β-unsaturated/α-hetero) is 5. The van der Waals surface area contributed by atoms with E-state index in [2.05, 4.69) is 0 Å². The van der Waals surface area contributed by atoms with Crippen LogP contribution in [-0.4, -0.2) is 57.8 Å². The van der Waals surface area contributed by atoms with E-state index in [-0.39, 0.29) is 30.1 Å². The lowest BCUT2D eigenvalue weighted by molar-refractivity contribution is -0.205. The monoisotopic (exact) mass is 616 g/mol. The van der Waals surface area contributed by atoms with E-state index in [1.165, 1.54) is 7.11 Å². The van der Waals surface area contributed by atoms with Gasteiger partial charge >= 0.3 is 5.97 Å². The molecule has 238 valence electrons. The number of rotatable bonds is 5.